The van der Waals surface area contributed by atoms with Crippen molar-refractivity contribution < 1.29 is 9.18 Å². The number of halogens is 2. The lowest BCUT2D eigenvalue weighted by Gasteiger charge is -2.18. The van der Waals surface area contributed by atoms with Crippen LogP contribution in [0.15, 0.2) is 84.0 Å². The van der Waals surface area contributed by atoms with E-state index in [1.807, 2.05) is 59.2 Å². The van der Waals surface area contributed by atoms with Crippen LogP contribution in [0.4, 0.5) is 4.39 Å². The van der Waals surface area contributed by atoms with Crippen LogP contribution in [0.1, 0.15) is 35.0 Å². The van der Waals surface area contributed by atoms with Crippen LogP contribution in [-0.2, 0) is 11.2 Å². The van der Waals surface area contributed by atoms with Crippen LogP contribution in [-0.4, -0.2) is 26.7 Å². The number of hydrogen-bond acceptors (Lipinski definition) is 4. The molecule has 1 N–H and O–H groups in total. The smallest absolute Gasteiger partial charge is 0.238 e. The first kappa shape index (κ1) is 22.6. The van der Waals surface area contributed by atoms with Gasteiger partial charge in [0.15, 0.2) is 5.16 Å². The lowest BCUT2D eigenvalue weighted by Crippen LogP contribution is -2.30. The van der Waals surface area contributed by atoms with Gasteiger partial charge in [-0.05, 0) is 60.4 Å². The molecule has 1 aromatic heterocycles. The van der Waals surface area contributed by atoms with Gasteiger partial charge >= 0.3 is 0 Å². The number of benzene rings is 3. The molecule has 1 fully saturated rings. The van der Waals surface area contributed by atoms with E-state index in [0.717, 1.165) is 29.9 Å². The molecule has 5 rings (SSSR count). The van der Waals surface area contributed by atoms with E-state index in [2.05, 4.69) is 15.5 Å². The van der Waals surface area contributed by atoms with Gasteiger partial charge < -0.3 is 5.32 Å². The van der Waals surface area contributed by atoms with E-state index < -0.39 is 5.25 Å². The minimum absolute atomic E-state index is 0.116. The average molecular weight is 493 g/mol. The summed E-state index contributed by atoms with van der Waals surface area (Å²) in [5, 5.41) is 12.6. The van der Waals surface area contributed by atoms with E-state index in [1.54, 1.807) is 12.1 Å². The summed E-state index contributed by atoms with van der Waals surface area (Å²) in [5.41, 5.74) is 2.66. The molecular formula is C26H22ClFN4OS. The van der Waals surface area contributed by atoms with Crippen LogP contribution < -0.4 is 5.32 Å². The highest BCUT2D eigenvalue weighted by atomic mass is 35.5. The largest absolute Gasteiger partial charge is 0.352 e. The van der Waals surface area contributed by atoms with Crippen LogP contribution in [0.3, 0.4) is 0 Å². The average Bonchev–Trinajstić information content (AvgIpc) is 3.58. The van der Waals surface area contributed by atoms with E-state index in [-0.39, 0.29) is 17.8 Å². The Balaban J connectivity index is 1.53. The minimum atomic E-state index is -0.596. The number of amides is 1. The Morgan fingerprint density at radius 1 is 1.03 bits per heavy atom. The Labute approximate surface area is 206 Å². The molecule has 0 radical (unpaired) electrons. The third-order valence-electron chi connectivity index (χ3n) is 5.55. The first-order chi connectivity index (χ1) is 16.6. The van der Waals surface area contributed by atoms with Gasteiger partial charge in [-0.25, -0.2) is 4.39 Å². The highest BCUT2D eigenvalue weighted by Gasteiger charge is 2.31. The maximum absolute atomic E-state index is 13.6. The second-order valence-electron chi connectivity index (χ2n) is 8.21. The normalized spacial score (nSPS) is 14.1. The van der Waals surface area contributed by atoms with Crippen LogP contribution >= 0.6 is 23.4 Å². The fraction of sp³-hybridized carbons (Fsp3) is 0.192. The van der Waals surface area contributed by atoms with Crippen molar-refractivity contribution in [1.82, 2.24) is 20.1 Å². The van der Waals surface area contributed by atoms with E-state index in [0.29, 0.717) is 22.2 Å². The van der Waals surface area contributed by atoms with Gasteiger partial charge in [0.1, 0.15) is 16.9 Å². The van der Waals surface area contributed by atoms with Crippen molar-refractivity contribution in [3.63, 3.8) is 0 Å². The topological polar surface area (TPSA) is 59.8 Å². The summed E-state index contributed by atoms with van der Waals surface area (Å²) in [6, 6.07) is 23.7. The molecular weight excluding hydrogens is 471 g/mol. The molecule has 34 heavy (non-hydrogen) atoms. The van der Waals surface area contributed by atoms with E-state index in [4.69, 9.17) is 11.6 Å². The molecule has 0 aliphatic heterocycles. The quantitative estimate of drug-likeness (QED) is 0.317. The molecule has 0 saturated heterocycles. The van der Waals surface area contributed by atoms with Crippen molar-refractivity contribution >= 4 is 29.3 Å². The van der Waals surface area contributed by atoms with Crippen LogP contribution in [0.5, 0.6) is 0 Å². The molecule has 1 atom stereocenters. The SMILES string of the molecule is O=C(NC1CC1)C(Sc1nnc(Cc2ccccc2)n1-c1ccc(Cl)cc1)c1ccc(F)cc1. The predicted octanol–water partition coefficient (Wildman–Crippen LogP) is 5.76. The van der Waals surface area contributed by atoms with Crippen molar-refractivity contribution in [2.24, 2.45) is 0 Å². The molecule has 1 amide bonds. The number of carbonyl (C=O) groups excluding carboxylic acids is 1. The Morgan fingerprint density at radius 2 is 1.74 bits per heavy atom. The number of nitrogens with one attached hydrogen (secondary N) is 1. The number of hydrogen-bond donors (Lipinski definition) is 1. The second kappa shape index (κ2) is 9.99. The number of rotatable bonds is 8. The molecule has 1 heterocycles. The zero-order chi connectivity index (χ0) is 23.5. The zero-order valence-electron chi connectivity index (χ0n) is 18.2. The lowest BCUT2D eigenvalue weighted by molar-refractivity contribution is -0.120. The van der Waals surface area contributed by atoms with E-state index in [9.17, 15) is 9.18 Å². The van der Waals surface area contributed by atoms with Gasteiger partial charge in [0.25, 0.3) is 0 Å². The summed E-state index contributed by atoms with van der Waals surface area (Å²) in [4.78, 5) is 13.2. The van der Waals surface area contributed by atoms with Crippen LogP contribution in [0, 0.1) is 5.82 Å². The Bertz CT molecular complexity index is 1270. The molecule has 1 aliphatic carbocycles. The Morgan fingerprint density at radius 3 is 2.41 bits per heavy atom. The maximum Gasteiger partial charge on any atom is 0.238 e. The number of aromatic nitrogens is 3. The fourth-order valence-corrected chi connectivity index (χ4v) is 4.85. The van der Waals surface area contributed by atoms with E-state index >= 15 is 0 Å². The summed E-state index contributed by atoms with van der Waals surface area (Å²) < 4.78 is 15.5. The Hall–Kier alpha value is -3.16. The van der Waals surface area contributed by atoms with Gasteiger partial charge in [0, 0.05) is 23.2 Å². The fourth-order valence-electron chi connectivity index (χ4n) is 3.64. The molecule has 0 spiro atoms. The van der Waals surface area contributed by atoms with Gasteiger partial charge in [-0.1, -0.05) is 65.8 Å². The first-order valence-electron chi connectivity index (χ1n) is 11.0. The van der Waals surface area contributed by atoms with Gasteiger partial charge in [0.05, 0.1) is 0 Å². The third-order valence-corrected chi connectivity index (χ3v) is 7.00. The standard InChI is InChI=1S/C26H22ClFN4OS/c27-19-8-14-22(15-9-19)32-23(16-17-4-2-1-3-5-17)30-31-26(32)34-24(25(33)29-21-12-13-21)18-6-10-20(28)11-7-18/h1-11,14-15,21,24H,12-13,16H2,(H,29,33). The van der Waals surface area contributed by atoms with Crippen molar-refractivity contribution in [2.45, 2.75) is 35.7 Å². The zero-order valence-corrected chi connectivity index (χ0v) is 19.8. The summed E-state index contributed by atoms with van der Waals surface area (Å²) in [6.45, 7) is 0. The molecule has 3 aromatic carbocycles. The first-order valence-corrected chi connectivity index (χ1v) is 12.3. The summed E-state index contributed by atoms with van der Waals surface area (Å²) in [5.74, 6) is 0.287. The molecule has 172 valence electrons. The highest BCUT2D eigenvalue weighted by Crippen LogP contribution is 2.37. The van der Waals surface area contributed by atoms with Crippen molar-refractivity contribution in [3.05, 3.63) is 107 Å². The maximum atomic E-state index is 13.6. The number of thioether (sulfide) groups is 1. The summed E-state index contributed by atoms with van der Waals surface area (Å²) in [6.07, 6.45) is 2.54. The molecule has 0 bridgehead atoms. The summed E-state index contributed by atoms with van der Waals surface area (Å²) in [7, 11) is 0. The second-order valence-corrected chi connectivity index (χ2v) is 9.71. The van der Waals surface area contributed by atoms with Crippen molar-refractivity contribution in [2.75, 3.05) is 0 Å². The summed E-state index contributed by atoms with van der Waals surface area (Å²) >= 11 is 7.43. The number of nitrogens with zero attached hydrogens (tertiary/aromatic N) is 3. The molecule has 1 saturated carbocycles. The highest BCUT2D eigenvalue weighted by molar-refractivity contribution is 8.00. The molecule has 8 heteroatoms. The molecule has 1 unspecified atom stereocenters. The Kier molecular flexibility index (Phi) is 6.65. The van der Waals surface area contributed by atoms with Crippen molar-refractivity contribution in [3.8, 4) is 5.69 Å². The number of carbonyl (C=O) groups is 1. The minimum Gasteiger partial charge on any atom is -0.352 e. The van der Waals surface area contributed by atoms with Crippen LogP contribution in [0.25, 0.3) is 5.69 Å². The van der Waals surface area contributed by atoms with Crippen molar-refractivity contribution in [1.29, 1.82) is 0 Å². The third kappa shape index (κ3) is 5.32. The lowest BCUT2D eigenvalue weighted by atomic mass is 10.1. The van der Waals surface area contributed by atoms with Crippen LogP contribution in [0.2, 0.25) is 5.02 Å². The van der Waals surface area contributed by atoms with Gasteiger partial charge in [-0.2, -0.15) is 0 Å². The van der Waals surface area contributed by atoms with Gasteiger partial charge in [-0.15, -0.1) is 10.2 Å². The monoisotopic (exact) mass is 492 g/mol. The van der Waals surface area contributed by atoms with Gasteiger partial charge in [0.2, 0.25) is 5.91 Å². The molecule has 4 aromatic rings. The molecule has 5 nitrogen and oxygen atoms in total. The molecule has 1 aliphatic rings. The predicted molar refractivity (Wildman–Crippen MR) is 132 cm³/mol. The van der Waals surface area contributed by atoms with Gasteiger partial charge in [-0.3, -0.25) is 9.36 Å². The van der Waals surface area contributed by atoms with E-state index in [1.165, 1.54) is 23.9 Å².